The Bertz CT molecular complexity index is 2360. The van der Waals surface area contributed by atoms with Crippen molar-refractivity contribution in [1.29, 1.82) is 0 Å². The van der Waals surface area contributed by atoms with Crippen LogP contribution in [0.2, 0.25) is 10.0 Å². The number of nitrogens with one attached hydrogen (secondary N) is 3. The maximum atomic E-state index is 13.8. The van der Waals surface area contributed by atoms with Crippen molar-refractivity contribution in [3.63, 3.8) is 0 Å². The van der Waals surface area contributed by atoms with Crippen molar-refractivity contribution >= 4 is 58.3 Å². The Labute approximate surface area is 385 Å². The second-order valence-corrected chi connectivity index (χ2v) is 18.8. The van der Waals surface area contributed by atoms with Gasteiger partial charge in [0.1, 0.15) is 0 Å². The van der Waals surface area contributed by atoms with Crippen molar-refractivity contribution in [2.24, 2.45) is 19.8 Å². The molecule has 0 fully saturated rings. The van der Waals surface area contributed by atoms with Gasteiger partial charge >= 0.3 is 5.97 Å². The molecule has 4 heterocycles. The van der Waals surface area contributed by atoms with Crippen molar-refractivity contribution in [3.05, 3.63) is 80.9 Å². The highest BCUT2D eigenvalue weighted by Gasteiger charge is 2.29. The molecule has 4 aromatic rings. The van der Waals surface area contributed by atoms with Gasteiger partial charge in [0.2, 0.25) is 5.91 Å². The number of amides is 3. The zero-order valence-electron chi connectivity index (χ0n) is 37.8. The minimum Gasteiger partial charge on any atom is -0.481 e. The third kappa shape index (κ3) is 12.1. The van der Waals surface area contributed by atoms with Crippen LogP contribution in [0.5, 0.6) is 0 Å². The molecule has 0 bridgehead atoms. The number of nitrogens with two attached hydrogens (primary N) is 1. The number of aromatic nitrogens is 4. The lowest BCUT2D eigenvalue weighted by atomic mass is 10.00. The standard InChI is InChI=1S/C46H62Cl2N10O6/c1-45(2,20-26-64-46(3,4)19-21-49)54-37(59)15-9-22-57-24-17-35-33(27-57)50-41(55(35)5)43(62)52-31-13-7-11-29(39(31)47)30-12-8-14-32(40(30)48)53-44(63)42-51-34-28-58(23-10-16-38(60)61)25-18-36(34)56(42)6/h7-8,11-14H,9-10,15-28,49H2,1-6H3,(H,52,62)(H,53,63)(H,54,59)(H,60,61). The number of rotatable bonds is 20. The maximum absolute atomic E-state index is 13.8. The molecule has 0 spiro atoms. The minimum absolute atomic E-state index is 0.00553. The number of benzene rings is 2. The number of hydrogen-bond donors (Lipinski definition) is 5. The van der Waals surface area contributed by atoms with E-state index in [1.807, 2.05) is 46.4 Å². The number of halogens is 2. The summed E-state index contributed by atoms with van der Waals surface area (Å²) < 4.78 is 9.63. The van der Waals surface area contributed by atoms with Crippen LogP contribution in [0.15, 0.2) is 36.4 Å². The van der Waals surface area contributed by atoms with Gasteiger partial charge < -0.3 is 40.7 Å². The van der Waals surface area contributed by atoms with E-state index in [0.29, 0.717) is 93.8 Å². The molecule has 0 aliphatic carbocycles. The van der Waals surface area contributed by atoms with Gasteiger partial charge in [0.15, 0.2) is 11.6 Å². The normalized spacial score (nSPS) is 14.5. The highest BCUT2D eigenvalue weighted by molar-refractivity contribution is 6.40. The van der Waals surface area contributed by atoms with Gasteiger partial charge in [-0.1, -0.05) is 47.5 Å². The minimum atomic E-state index is -0.819. The van der Waals surface area contributed by atoms with E-state index >= 15 is 0 Å². The van der Waals surface area contributed by atoms with E-state index in [9.17, 15) is 19.2 Å². The number of anilines is 2. The van der Waals surface area contributed by atoms with Gasteiger partial charge in [0, 0.05) is 101 Å². The Kier molecular flexibility index (Phi) is 15.9. The van der Waals surface area contributed by atoms with E-state index in [1.165, 1.54) is 0 Å². The first-order valence-corrected chi connectivity index (χ1v) is 22.7. The molecular weight excluding hydrogens is 859 g/mol. The first kappa shape index (κ1) is 48.6. The van der Waals surface area contributed by atoms with Crippen molar-refractivity contribution in [2.45, 2.75) is 103 Å². The van der Waals surface area contributed by atoms with Crippen LogP contribution in [0.1, 0.15) is 110 Å². The highest BCUT2D eigenvalue weighted by Crippen LogP contribution is 2.40. The molecular formula is C46H62Cl2N10O6. The Hall–Kier alpha value is -4.84. The second-order valence-electron chi connectivity index (χ2n) is 18.0. The van der Waals surface area contributed by atoms with Crippen LogP contribution in [0, 0.1) is 0 Å². The van der Waals surface area contributed by atoms with Gasteiger partial charge in [-0.15, -0.1) is 0 Å². The van der Waals surface area contributed by atoms with Crippen molar-refractivity contribution < 1.29 is 29.0 Å². The summed E-state index contributed by atoms with van der Waals surface area (Å²) in [7, 11) is 3.65. The summed E-state index contributed by atoms with van der Waals surface area (Å²) in [5.74, 6) is -1.15. The molecule has 2 aromatic heterocycles. The third-order valence-corrected chi connectivity index (χ3v) is 12.9. The lowest BCUT2D eigenvalue weighted by molar-refractivity contribution is -0.137. The molecule has 16 nitrogen and oxygen atoms in total. The lowest BCUT2D eigenvalue weighted by Crippen LogP contribution is -2.45. The van der Waals surface area contributed by atoms with E-state index in [4.69, 9.17) is 43.8 Å². The van der Waals surface area contributed by atoms with Gasteiger partial charge in [-0.2, -0.15) is 0 Å². The number of carbonyl (C=O) groups is 4. The van der Waals surface area contributed by atoms with E-state index < -0.39 is 23.3 Å². The molecule has 2 aliphatic heterocycles. The van der Waals surface area contributed by atoms with Crippen LogP contribution >= 0.6 is 23.2 Å². The van der Waals surface area contributed by atoms with Crippen LogP contribution < -0.4 is 21.7 Å². The first-order valence-electron chi connectivity index (χ1n) is 22.0. The molecule has 3 amide bonds. The molecule has 0 unspecified atom stereocenters. The van der Waals surface area contributed by atoms with Crippen LogP contribution in [0.3, 0.4) is 0 Å². The summed E-state index contributed by atoms with van der Waals surface area (Å²) in [6, 6.07) is 10.5. The number of ether oxygens (including phenoxy) is 1. The molecule has 0 radical (unpaired) electrons. The largest absolute Gasteiger partial charge is 0.481 e. The van der Waals surface area contributed by atoms with Crippen LogP contribution in [-0.2, 0) is 54.4 Å². The van der Waals surface area contributed by atoms with Crippen molar-refractivity contribution in [2.75, 3.05) is 50.0 Å². The summed E-state index contributed by atoms with van der Waals surface area (Å²) in [6.45, 7) is 13.2. The molecule has 0 saturated heterocycles. The summed E-state index contributed by atoms with van der Waals surface area (Å²) in [5, 5.41) is 18.6. The fourth-order valence-corrected chi connectivity index (χ4v) is 8.95. The van der Waals surface area contributed by atoms with Crippen molar-refractivity contribution in [3.8, 4) is 11.1 Å². The smallest absolute Gasteiger partial charge is 0.303 e. The van der Waals surface area contributed by atoms with Crippen molar-refractivity contribution in [1.82, 2.24) is 34.2 Å². The van der Waals surface area contributed by atoms with E-state index in [2.05, 4.69) is 30.7 Å². The molecule has 18 heteroatoms. The Balaban J connectivity index is 1.04. The van der Waals surface area contributed by atoms with E-state index in [0.717, 1.165) is 48.8 Å². The van der Waals surface area contributed by atoms with Gasteiger partial charge in [0.05, 0.1) is 38.4 Å². The monoisotopic (exact) mass is 920 g/mol. The summed E-state index contributed by atoms with van der Waals surface area (Å²) in [5.41, 5.74) is 10.4. The number of carbonyl (C=O) groups excluding carboxylic acids is 3. The lowest BCUT2D eigenvalue weighted by Gasteiger charge is -2.30. The number of carboxylic acid groups (broad SMARTS) is 1. The molecule has 2 aliphatic rings. The van der Waals surface area contributed by atoms with Gasteiger partial charge in [-0.3, -0.25) is 29.0 Å². The van der Waals surface area contributed by atoms with Gasteiger partial charge in [-0.25, -0.2) is 9.97 Å². The summed E-state index contributed by atoms with van der Waals surface area (Å²) in [6.07, 6.45) is 4.61. The topological polar surface area (TPSA) is 202 Å². The highest BCUT2D eigenvalue weighted by atomic mass is 35.5. The zero-order chi connectivity index (χ0) is 46.3. The zero-order valence-corrected chi connectivity index (χ0v) is 39.3. The van der Waals surface area contributed by atoms with E-state index in [1.54, 1.807) is 41.0 Å². The average molecular weight is 922 g/mol. The van der Waals surface area contributed by atoms with Crippen LogP contribution in [0.4, 0.5) is 11.4 Å². The Morgan fingerprint density at radius 3 is 1.72 bits per heavy atom. The maximum Gasteiger partial charge on any atom is 0.303 e. The number of carboxylic acids is 1. The first-order chi connectivity index (χ1) is 30.4. The van der Waals surface area contributed by atoms with E-state index in [-0.39, 0.29) is 39.6 Å². The third-order valence-electron chi connectivity index (χ3n) is 12.0. The summed E-state index contributed by atoms with van der Waals surface area (Å²) >= 11 is 13.9. The Morgan fingerprint density at radius 2 is 1.25 bits per heavy atom. The number of aliphatic carboxylic acids is 1. The molecule has 6 rings (SSSR count). The Morgan fingerprint density at radius 1 is 0.766 bits per heavy atom. The quantitative estimate of drug-likeness (QED) is 0.0655. The second kappa shape index (κ2) is 21.0. The molecule has 6 N–H and O–H groups in total. The summed E-state index contributed by atoms with van der Waals surface area (Å²) in [4.78, 5) is 65.1. The molecule has 64 heavy (non-hydrogen) atoms. The number of imidazole rings is 2. The number of nitrogens with zero attached hydrogens (tertiary/aromatic N) is 6. The molecule has 346 valence electrons. The fourth-order valence-electron chi connectivity index (χ4n) is 8.40. The predicted molar refractivity (Wildman–Crippen MR) is 249 cm³/mol. The SMILES string of the molecule is Cn1c(C(=O)Nc2cccc(-c3cccc(NC(=O)c4nc5c(n4C)CCN(CCCC(=O)NC(C)(C)CCOC(C)(C)CCN)C5)c3Cl)c2Cl)nc2c1CCN(CCCC(=O)O)C2. The molecule has 0 saturated carbocycles. The average Bonchev–Trinajstić information content (AvgIpc) is 3.74. The number of hydrogen-bond acceptors (Lipinski definition) is 10. The van der Waals surface area contributed by atoms with Crippen LogP contribution in [-0.4, -0.2) is 108 Å². The molecule has 0 atom stereocenters. The van der Waals surface area contributed by atoms with Gasteiger partial charge in [0.25, 0.3) is 11.8 Å². The predicted octanol–water partition coefficient (Wildman–Crippen LogP) is 6.42. The number of fused-ring (bicyclic) bond motifs is 2. The molecule has 2 aromatic carbocycles. The van der Waals surface area contributed by atoms with Gasteiger partial charge in [-0.05, 0) is 85.1 Å². The van der Waals surface area contributed by atoms with Crippen LogP contribution in [0.25, 0.3) is 11.1 Å². The fraction of sp³-hybridized carbons (Fsp3) is 0.522.